The fraction of sp³-hybridized carbons (Fsp3) is 0.417. The van der Waals surface area contributed by atoms with Gasteiger partial charge in [0.15, 0.2) is 0 Å². The van der Waals surface area contributed by atoms with Gasteiger partial charge in [-0.1, -0.05) is 17.7 Å². The predicted molar refractivity (Wildman–Crippen MR) is 70.3 cm³/mol. The summed E-state index contributed by atoms with van der Waals surface area (Å²) in [6.45, 7) is 5.24. The van der Waals surface area contributed by atoms with Crippen molar-refractivity contribution in [2.75, 3.05) is 6.54 Å². The summed E-state index contributed by atoms with van der Waals surface area (Å²) < 4.78 is 0.896. The highest BCUT2D eigenvalue weighted by molar-refractivity contribution is 9.10. The van der Waals surface area contributed by atoms with E-state index in [4.69, 9.17) is 16.9 Å². The molecule has 0 amide bonds. The van der Waals surface area contributed by atoms with Crippen molar-refractivity contribution in [3.05, 3.63) is 33.3 Å². The second-order valence-electron chi connectivity index (χ2n) is 4.35. The molecule has 0 bridgehead atoms. The Bertz CT molecular complexity index is 410. The third-order valence-electron chi connectivity index (χ3n) is 2.18. The van der Waals surface area contributed by atoms with Gasteiger partial charge in [-0.3, -0.25) is 0 Å². The molecule has 1 aromatic rings. The Hall–Kier alpha value is -0.560. The average molecular weight is 302 g/mol. The van der Waals surface area contributed by atoms with Gasteiger partial charge in [0.1, 0.15) is 0 Å². The third-order valence-corrected chi connectivity index (χ3v) is 3.40. The summed E-state index contributed by atoms with van der Waals surface area (Å²) in [4.78, 5) is 0. The lowest BCUT2D eigenvalue weighted by atomic mass is 9.96. The van der Waals surface area contributed by atoms with Crippen molar-refractivity contribution < 1.29 is 0 Å². The lowest BCUT2D eigenvalue weighted by Crippen LogP contribution is -2.27. The molecule has 0 saturated heterocycles. The molecule has 0 atom stereocenters. The zero-order valence-corrected chi connectivity index (χ0v) is 11.7. The predicted octanol–water partition coefficient (Wildman–Crippen LogP) is 3.74. The van der Waals surface area contributed by atoms with E-state index in [9.17, 15) is 0 Å². The summed E-state index contributed by atoms with van der Waals surface area (Å²) in [6.07, 6.45) is 0. The van der Waals surface area contributed by atoms with Gasteiger partial charge >= 0.3 is 0 Å². The molecule has 0 unspecified atom stereocenters. The van der Waals surface area contributed by atoms with E-state index >= 15 is 0 Å². The summed E-state index contributed by atoms with van der Waals surface area (Å²) in [6, 6.07) is 8.07. The topological polar surface area (TPSA) is 35.8 Å². The van der Waals surface area contributed by atoms with Gasteiger partial charge in [-0.05, 0) is 47.5 Å². The van der Waals surface area contributed by atoms with Crippen LogP contribution in [0.25, 0.3) is 0 Å². The molecule has 2 nitrogen and oxygen atoms in total. The molecule has 0 saturated carbocycles. The average Bonchev–Trinajstić information content (AvgIpc) is 2.23. The van der Waals surface area contributed by atoms with E-state index in [-0.39, 0.29) is 5.41 Å². The largest absolute Gasteiger partial charge is 0.311 e. The number of hydrogen-bond donors (Lipinski definition) is 1. The van der Waals surface area contributed by atoms with Crippen LogP contribution in [-0.4, -0.2) is 6.54 Å². The Balaban J connectivity index is 2.50. The van der Waals surface area contributed by atoms with Crippen LogP contribution in [-0.2, 0) is 6.54 Å². The van der Waals surface area contributed by atoms with Crippen LogP contribution in [0.5, 0.6) is 0 Å². The van der Waals surface area contributed by atoms with Crippen molar-refractivity contribution in [2.24, 2.45) is 5.41 Å². The molecule has 86 valence electrons. The zero-order valence-electron chi connectivity index (χ0n) is 9.35. The van der Waals surface area contributed by atoms with Gasteiger partial charge in [-0.2, -0.15) is 5.26 Å². The molecule has 0 aromatic heterocycles. The Morgan fingerprint density at radius 1 is 1.50 bits per heavy atom. The molecule has 0 fully saturated rings. The highest BCUT2D eigenvalue weighted by Crippen LogP contribution is 2.23. The molecule has 0 aliphatic heterocycles. The molecular weight excluding hydrogens is 288 g/mol. The Labute approximate surface area is 110 Å². The minimum Gasteiger partial charge on any atom is -0.311 e. The first kappa shape index (κ1) is 13.5. The van der Waals surface area contributed by atoms with Crippen LogP contribution in [0.4, 0.5) is 0 Å². The molecule has 4 heteroatoms. The SMILES string of the molecule is CC(C)(C#N)CNCc1ccc(Cl)c(Br)c1. The number of benzene rings is 1. The van der Waals surface area contributed by atoms with Gasteiger partial charge in [0.25, 0.3) is 0 Å². The van der Waals surface area contributed by atoms with Crippen LogP contribution in [0.3, 0.4) is 0 Å². The summed E-state index contributed by atoms with van der Waals surface area (Å²) in [5.74, 6) is 0. The second-order valence-corrected chi connectivity index (χ2v) is 5.61. The molecule has 16 heavy (non-hydrogen) atoms. The normalized spacial score (nSPS) is 11.2. The first-order valence-electron chi connectivity index (χ1n) is 5.00. The van der Waals surface area contributed by atoms with E-state index in [2.05, 4.69) is 27.3 Å². The van der Waals surface area contributed by atoms with E-state index in [0.29, 0.717) is 11.6 Å². The standard InChI is InChI=1S/C12H14BrClN2/c1-12(2,7-15)8-16-6-9-3-4-11(14)10(13)5-9/h3-5,16H,6,8H2,1-2H3. The third kappa shape index (κ3) is 4.13. The number of rotatable bonds is 4. The van der Waals surface area contributed by atoms with E-state index in [1.807, 2.05) is 32.0 Å². The molecule has 0 aliphatic rings. The van der Waals surface area contributed by atoms with Crippen molar-refractivity contribution in [3.8, 4) is 6.07 Å². The van der Waals surface area contributed by atoms with Gasteiger partial charge in [0.05, 0.1) is 16.5 Å². The summed E-state index contributed by atoms with van der Waals surface area (Å²) >= 11 is 9.28. The van der Waals surface area contributed by atoms with E-state index in [0.717, 1.165) is 16.6 Å². The Kier molecular flexibility index (Phi) is 4.79. The van der Waals surface area contributed by atoms with Gasteiger partial charge in [0.2, 0.25) is 0 Å². The second kappa shape index (κ2) is 5.67. The van der Waals surface area contributed by atoms with Crippen LogP contribution in [0, 0.1) is 16.7 Å². The number of nitrogens with zero attached hydrogens (tertiary/aromatic N) is 1. The molecular formula is C12H14BrClN2. The minimum atomic E-state index is -0.330. The van der Waals surface area contributed by atoms with Gasteiger partial charge < -0.3 is 5.32 Å². The van der Waals surface area contributed by atoms with Crippen molar-refractivity contribution in [2.45, 2.75) is 20.4 Å². The maximum absolute atomic E-state index is 8.86. The van der Waals surface area contributed by atoms with Crippen LogP contribution < -0.4 is 5.32 Å². The lowest BCUT2D eigenvalue weighted by molar-refractivity contribution is 0.445. The first-order chi connectivity index (χ1) is 7.44. The maximum atomic E-state index is 8.86. The fourth-order valence-electron chi connectivity index (χ4n) is 1.21. The molecule has 0 heterocycles. The molecule has 0 aliphatic carbocycles. The Morgan fingerprint density at radius 2 is 2.19 bits per heavy atom. The van der Waals surface area contributed by atoms with E-state index < -0.39 is 0 Å². The van der Waals surface area contributed by atoms with Crippen molar-refractivity contribution in [1.29, 1.82) is 5.26 Å². The van der Waals surface area contributed by atoms with Gasteiger partial charge in [-0.15, -0.1) is 0 Å². The van der Waals surface area contributed by atoms with Gasteiger partial charge in [-0.25, -0.2) is 0 Å². The van der Waals surface area contributed by atoms with E-state index in [1.54, 1.807) is 0 Å². The number of hydrogen-bond acceptors (Lipinski definition) is 2. The first-order valence-corrected chi connectivity index (χ1v) is 6.17. The van der Waals surface area contributed by atoms with Gasteiger partial charge in [0, 0.05) is 17.6 Å². The molecule has 1 aromatic carbocycles. The highest BCUT2D eigenvalue weighted by Gasteiger charge is 2.15. The number of nitrogens with one attached hydrogen (secondary N) is 1. The van der Waals surface area contributed by atoms with Crippen LogP contribution in [0.1, 0.15) is 19.4 Å². The highest BCUT2D eigenvalue weighted by atomic mass is 79.9. The lowest BCUT2D eigenvalue weighted by Gasteiger charge is -2.15. The Morgan fingerprint density at radius 3 is 2.75 bits per heavy atom. The molecule has 0 spiro atoms. The number of halogens is 2. The summed E-state index contributed by atoms with van der Waals surface area (Å²) in [5, 5.41) is 12.8. The van der Waals surface area contributed by atoms with Crippen molar-refractivity contribution in [1.82, 2.24) is 5.32 Å². The van der Waals surface area contributed by atoms with Crippen molar-refractivity contribution >= 4 is 27.5 Å². The molecule has 1 rings (SSSR count). The monoisotopic (exact) mass is 300 g/mol. The fourth-order valence-corrected chi connectivity index (χ4v) is 1.75. The maximum Gasteiger partial charge on any atom is 0.0697 e. The van der Waals surface area contributed by atoms with Crippen molar-refractivity contribution in [3.63, 3.8) is 0 Å². The molecule has 1 N–H and O–H groups in total. The number of nitriles is 1. The van der Waals surface area contributed by atoms with Crippen LogP contribution in [0.15, 0.2) is 22.7 Å². The van der Waals surface area contributed by atoms with Crippen LogP contribution >= 0.6 is 27.5 Å². The van der Waals surface area contributed by atoms with E-state index in [1.165, 1.54) is 0 Å². The smallest absolute Gasteiger partial charge is 0.0697 e. The summed E-state index contributed by atoms with van der Waals surface area (Å²) in [5.41, 5.74) is 0.814. The molecule has 0 radical (unpaired) electrons. The zero-order chi connectivity index (χ0) is 12.2. The quantitative estimate of drug-likeness (QED) is 0.919. The summed E-state index contributed by atoms with van der Waals surface area (Å²) in [7, 11) is 0. The minimum absolute atomic E-state index is 0.330. The van der Waals surface area contributed by atoms with Crippen LogP contribution in [0.2, 0.25) is 5.02 Å².